The molecule has 2 aromatic rings. The van der Waals surface area contributed by atoms with Crippen LogP contribution in [0.15, 0.2) is 21.9 Å². The Balaban J connectivity index is 2.00. The Morgan fingerprint density at radius 2 is 2.38 bits per heavy atom. The zero-order valence-corrected chi connectivity index (χ0v) is 10.1. The van der Waals surface area contributed by atoms with Crippen molar-refractivity contribution in [2.75, 3.05) is 19.0 Å². The van der Waals surface area contributed by atoms with Crippen LogP contribution in [0.1, 0.15) is 10.8 Å². The van der Waals surface area contributed by atoms with Crippen LogP contribution in [0.4, 0.5) is 6.01 Å². The Labute approximate surface area is 98.1 Å². The largest absolute Gasteiger partial charge is 0.407 e. The van der Waals surface area contributed by atoms with E-state index in [0.29, 0.717) is 18.5 Å². The van der Waals surface area contributed by atoms with Gasteiger partial charge in [-0.1, -0.05) is 11.2 Å². The van der Waals surface area contributed by atoms with E-state index >= 15 is 0 Å². The summed E-state index contributed by atoms with van der Waals surface area (Å²) in [5.41, 5.74) is 0. The van der Waals surface area contributed by atoms with Gasteiger partial charge in [0, 0.05) is 11.9 Å². The third-order valence-electron chi connectivity index (χ3n) is 2.08. The van der Waals surface area contributed by atoms with E-state index in [4.69, 9.17) is 4.42 Å². The van der Waals surface area contributed by atoms with E-state index in [9.17, 15) is 0 Å². The van der Waals surface area contributed by atoms with Gasteiger partial charge in [0.2, 0.25) is 5.89 Å². The average Bonchev–Trinajstić information content (AvgIpc) is 2.89. The van der Waals surface area contributed by atoms with E-state index in [1.807, 2.05) is 25.1 Å². The topological polar surface area (TPSA) is 54.2 Å². The van der Waals surface area contributed by atoms with E-state index in [-0.39, 0.29) is 0 Å². The van der Waals surface area contributed by atoms with Crippen molar-refractivity contribution in [1.29, 1.82) is 0 Å². The summed E-state index contributed by atoms with van der Waals surface area (Å²) >= 11 is 1.72. The molecule has 0 aliphatic carbocycles. The fourth-order valence-corrected chi connectivity index (χ4v) is 2.08. The molecule has 2 heterocycles. The Bertz CT molecular complexity index is 426. The monoisotopic (exact) mass is 238 g/mol. The molecular weight excluding hydrogens is 224 g/mol. The Morgan fingerprint density at radius 3 is 3.06 bits per heavy atom. The van der Waals surface area contributed by atoms with Crippen molar-refractivity contribution in [3.63, 3.8) is 0 Å². The summed E-state index contributed by atoms with van der Waals surface area (Å²) in [4.78, 5) is 3.22. The van der Waals surface area contributed by atoms with Crippen molar-refractivity contribution in [3.8, 4) is 0 Å². The second kappa shape index (κ2) is 5.09. The molecule has 0 radical (unpaired) electrons. The molecule has 2 aromatic heterocycles. The van der Waals surface area contributed by atoms with E-state index in [1.54, 1.807) is 11.3 Å². The average molecular weight is 238 g/mol. The summed E-state index contributed by atoms with van der Waals surface area (Å²) in [6.45, 7) is 1.39. The third kappa shape index (κ3) is 2.59. The summed E-state index contributed by atoms with van der Waals surface area (Å²) in [7, 11) is 3.79. The Morgan fingerprint density at radius 1 is 1.50 bits per heavy atom. The molecular formula is C10H14N4OS. The second-order valence-electron chi connectivity index (χ2n) is 3.44. The van der Waals surface area contributed by atoms with Crippen LogP contribution in [-0.4, -0.2) is 24.3 Å². The van der Waals surface area contributed by atoms with Crippen molar-refractivity contribution < 1.29 is 4.42 Å². The van der Waals surface area contributed by atoms with E-state index < -0.39 is 0 Å². The SMILES string of the molecule is CNCc1nnc(N(C)Cc2cccs2)o1. The number of nitrogens with one attached hydrogen (secondary N) is 1. The standard InChI is InChI=1S/C10H14N4OS/c1-11-6-9-12-13-10(15-9)14(2)7-8-4-3-5-16-8/h3-5,11H,6-7H2,1-2H3. The number of hydrogen-bond acceptors (Lipinski definition) is 6. The molecule has 86 valence electrons. The first-order chi connectivity index (χ1) is 7.79. The van der Waals surface area contributed by atoms with Gasteiger partial charge >= 0.3 is 6.01 Å². The van der Waals surface area contributed by atoms with E-state index in [2.05, 4.69) is 27.0 Å². The highest BCUT2D eigenvalue weighted by Gasteiger charge is 2.10. The fourth-order valence-electron chi connectivity index (χ4n) is 1.33. The number of nitrogens with zero attached hydrogens (tertiary/aromatic N) is 3. The molecule has 0 atom stereocenters. The highest BCUT2D eigenvalue weighted by molar-refractivity contribution is 7.09. The molecule has 0 spiro atoms. The van der Waals surface area contributed by atoms with Gasteiger partial charge in [-0.25, -0.2) is 0 Å². The second-order valence-corrected chi connectivity index (χ2v) is 4.48. The maximum absolute atomic E-state index is 5.48. The molecule has 0 saturated heterocycles. The van der Waals surface area contributed by atoms with Crippen LogP contribution in [0.25, 0.3) is 0 Å². The maximum atomic E-state index is 5.48. The first-order valence-electron chi connectivity index (χ1n) is 5.00. The molecule has 2 rings (SSSR count). The van der Waals surface area contributed by atoms with Gasteiger partial charge in [-0.3, -0.25) is 0 Å². The number of anilines is 1. The molecule has 16 heavy (non-hydrogen) atoms. The molecule has 0 unspecified atom stereocenters. The molecule has 0 aliphatic heterocycles. The van der Waals surface area contributed by atoms with Gasteiger partial charge in [0.1, 0.15) is 0 Å². The molecule has 6 heteroatoms. The molecule has 0 saturated carbocycles. The van der Waals surface area contributed by atoms with Gasteiger partial charge in [-0.15, -0.1) is 16.4 Å². The highest BCUT2D eigenvalue weighted by Crippen LogP contribution is 2.16. The summed E-state index contributed by atoms with van der Waals surface area (Å²) in [6.07, 6.45) is 0. The zero-order chi connectivity index (χ0) is 11.4. The zero-order valence-electron chi connectivity index (χ0n) is 9.30. The van der Waals surface area contributed by atoms with Crippen LogP contribution in [0.3, 0.4) is 0 Å². The maximum Gasteiger partial charge on any atom is 0.318 e. The summed E-state index contributed by atoms with van der Waals surface area (Å²) in [6, 6.07) is 4.68. The van der Waals surface area contributed by atoms with Gasteiger partial charge in [0.25, 0.3) is 0 Å². The minimum Gasteiger partial charge on any atom is -0.407 e. The van der Waals surface area contributed by atoms with Gasteiger partial charge in [0.05, 0.1) is 13.1 Å². The first kappa shape index (κ1) is 11.1. The first-order valence-corrected chi connectivity index (χ1v) is 5.88. The number of rotatable bonds is 5. The van der Waals surface area contributed by atoms with Crippen molar-refractivity contribution in [2.45, 2.75) is 13.1 Å². The minimum atomic E-state index is 0.554. The lowest BCUT2D eigenvalue weighted by Crippen LogP contribution is -2.15. The van der Waals surface area contributed by atoms with Crippen molar-refractivity contribution >= 4 is 17.4 Å². The number of thiophene rings is 1. The number of hydrogen-bond donors (Lipinski definition) is 1. The summed E-state index contributed by atoms with van der Waals surface area (Å²) in [5, 5.41) is 13.0. The summed E-state index contributed by atoms with van der Waals surface area (Å²) in [5.74, 6) is 0.607. The normalized spacial score (nSPS) is 10.6. The van der Waals surface area contributed by atoms with Crippen LogP contribution in [0.2, 0.25) is 0 Å². The predicted molar refractivity (Wildman–Crippen MR) is 63.5 cm³/mol. The highest BCUT2D eigenvalue weighted by atomic mass is 32.1. The quantitative estimate of drug-likeness (QED) is 0.855. The lowest BCUT2D eigenvalue weighted by Gasteiger charge is -2.11. The van der Waals surface area contributed by atoms with Crippen molar-refractivity contribution in [3.05, 3.63) is 28.3 Å². The fraction of sp³-hybridized carbons (Fsp3) is 0.400. The van der Waals surface area contributed by atoms with Crippen molar-refractivity contribution in [1.82, 2.24) is 15.5 Å². The molecule has 0 fully saturated rings. The predicted octanol–water partition coefficient (Wildman–Crippen LogP) is 1.49. The van der Waals surface area contributed by atoms with Crippen LogP contribution < -0.4 is 10.2 Å². The lowest BCUT2D eigenvalue weighted by molar-refractivity contribution is 0.476. The molecule has 0 aromatic carbocycles. The summed E-state index contributed by atoms with van der Waals surface area (Å²) < 4.78 is 5.48. The molecule has 1 N–H and O–H groups in total. The molecule has 5 nitrogen and oxygen atoms in total. The van der Waals surface area contributed by atoms with Gasteiger partial charge in [-0.2, -0.15) is 0 Å². The third-order valence-corrected chi connectivity index (χ3v) is 2.94. The van der Waals surface area contributed by atoms with Crippen LogP contribution in [-0.2, 0) is 13.1 Å². The Hall–Kier alpha value is -1.40. The van der Waals surface area contributed by atoms with E-state index in [0.717, 1.165) is 6.54 Å². The van der Waals surface area contributed by atoms with Crippen LogP contribution in [0.5, 0.6) is 0 Å². The van der Waals surface area contributed by atoms with Crippen molar-refractivity contribution in [2.24, 2.45) is 0 Å². The minimum absolute atomic E-state index is 0.554. The molecule has 0 aliphatic rings. The van der Waals surface area contributed by atoms with Gasteiger partial charge < -0.3 is 14.6 Å². The molecule has 0 bridgehead atoms. The smallest absolute Gasteiger partial charge is 0.318 e. The van der Waals surface area contributed by atoms with Crippen LogP contribution >= 0.6 is 11.3 Å². The van der Waals surface area contributed by atoms with E-state index in [1.165, 1.54) is 4.88 Å². The lowest BCUT2D eigenvalue weighted by atomic mass is 10.4. The van der Waals surface area contributed by atoms with Gasteiger partial charge in [-0.05, 0) is 18.5 Å². The van der Waals surface area contributed by atoms with Gasteiger partial charge in [0.15, 0.2) is 0 Å². The Kier molecular flexibility index (Phi) is 3.53. The molecule has 0 amide bonds. The number of aromatic nitrogens is 2. The van der Waals surface area contributed by atoms with Crippen LogP contribution in [0, 0.1) is 0 Å².